The molecule has 112 valence electrons. The molecule has 3 nitrogen and oxygen atoms in total. The lowest BCUT2D eigenvalue weighted by Gasteiger charge is -2.20. The second-order valence-electron chi connectivity index (χ2n) is 5.07. The predicted molar refractivity (Wildman–Crippen MR) is 68.3 cm³/mol. The highest BCUT2D eigenvalue weighted by molar-refractivity contribution is 5.29. The molecule has 20 heavy (non-hydrogen) atoms. The highest BCUT2D eigenvalue weighted by atomic mass is 19.3. The van der Waals surface area contributed by atoms with Gasteiger partial charge in [0.15, 0.2) is 11.6 Å². The van der Waals surface area contributed by atoms with Gasteiger partial charge in [-0.1, -0.05) is 6.07 Å². The van der Waals surface area contributed by atoms with Gasteiger partial charge in [0.05, 0.1) is 6.61 Å². The Morgan fingerprint density at radius 1 is 1.45 bits per heavy atom. The minimum absolute atomic E-state index is 0.421. The number of rotatable bonds is 6. The number of halogens is 3. The third kappa shape index (κ3) is 4.38. The summed E-state index contributed by atoms with van der Waals surface area (Å²) in [5.41, 5.74) is 0.727. The van der Waals surface area contributed by atoms with Crippen LogP contribution in [-0.2, 0) is 11.3 Å². The van der Waals surface area contributed by atoms with Gasteiger partial charge in [-0.05, 0) is 37.1 Å². The maximum atomic E-state index is 13.6. The van der Waals surface area contributed by atoms with Crippen molar-refractivity contribution in [2.24, 2.45) is 5.92 Å². The van der Waals surface area contributed by atoms with Crippen LogP contribution in [0.4, 0.5) is 13.2 Å². The fourth-order valence-electron chi connectivity index (χ4n) is 2.38. The van der Waals surface area contributed by atoms with E-state index in [4.69, 9.17) is 4.74 Å². The van der Waals surface area contributed by atoms with Gasteiger partial charge in [0.2, 0.25) is 0 Å². The molecule has 1 fully saturated rings. The number of benzene rings is 1. The Morgan fingerprint density at radius 3 is 2.85 bits per heavy atom. The molecule has 0 spiro atoms. The van der Waals surface area contributed by atoms with Crippen molar-refractivity contribution in [2.75, 3.05) is 26.8 Å². The van der Waals surface area contributed by atoms with E-state index in [1.807, 2.05) is 7.05 Å². The average molecular weight is 289 g/mol. The van der Waals surface area contributed by atoms with Crippen molar-refractivity contribution < 1.29 is 22.6 Å². The van der Waals surface area contributed by atoms with Gasteiger partial charge in [-0.2, -0.15) is 8.78 Å². The van der Waals surface area contributed by atoms with Gasteiger partial charge < -0.3 is 14.4 Å². The van der Waals surface area contributed by atoms with Crippen LogP contribution in [-0.4, -0.2) is 38.3 Å². The molecule has 6 heteroatoms. The molecule has 0 unspecified atom stereocenters. The van der Waals surface area contributed by atoms with E-state index in [0.717, 1.165) is 31.7 Å². The van der Waals surface area contributed by atoms with Crippen LogP contribution in [0.25, 0.3) is 0 Å². The predicted octanol–water partition coefficient (Wildman–Crippen LogP) is 2.90. The van der Waals surface area contributed by atoms with Crippen LogP contribution in [0.5, 0.6) is 5.75 Å². The van der Waals surface area contributed by atoms with Crippen LogP contribution >= 0.6 is 0 Å². The van der Waals surface area contributed by atoms with Crippen molar-refractivity contribution in [1.82, 2.24) is 4.90 Å². The van der Waals surface area contributed by atoms with Crippen LogP contribution in [0.1, 0.15) is 12.0 Å². The minimum Gasteiger partial charge on any atom is -0.432 e. The van der Waals surface area contributed by atoms with Gasteiger partial charge in [0.1, 0.15) is 0 Å². The Morgan fingerprint density at radius 2 is 2.25 bits per heavy atom. The quantitative estimate of drug-likeness (QED) is 0.804. The molecular formula is C14H18F3NO2. The Hall–Kier alpha value is -1.27. The molecule has 1 atom stereocenters. The zero-order valence-corrected chi connectivity index (χ0v) is 11.3. The monoisotopic (exact) mass is 289 g/mol. The van der Waals surface area contributed by atoms with E-state index in [1.165, 1.54) is 12.1 Å². The van der Waals surface area contributed by atoms with E-state index in [-0.39, 0.29) is 0 Å². The van der Waals surface area contributed by atoms with Crippen LogP contribution in [0.3, 0.4) is 0 Å². The van der Waals surface area contributed by atoms with Crippen LogP contribution in [0.15, 0.2) is 18.2 Å². The molecule has 1 heterocycles. The van der Waals surface area contributed by atoms with E-state index in [2.05, 4.69) is 9.64 Å². The first kappa shape index (κ1) is 15.1. The zero-order chi connectivity index (χ0) is 14.5. The van der Waals surface area contributed by atoms with E-state index in [9.17, 15) is 13.2 Å². The van der Waals surface area contributed by atoms with Crippen molar-refractivity contribution in [2.45, 2.75) is 19.6 Å². The Labute approximate surface area is 116 Å². The van der Waals surface area contributed by atoms with Crippen molar-refractivity contribution in [1.29, 1.82) is 0 Å². The summed E-state index contributed by atoms with van der Waals surface area (Å²) in [6.07, 6.45) is 1.04. The van der Waals surface area contributed by atoms with E-state index < -0.39 is 18.2 Å². The normalized spacial score (nSPS) is 19.0. The van der Waals surface area contributed by atoms with Gasteiger partial charge in [-0.15, -0.1) is 0 Å². The maximum Gasteiger partial charge on any atom is 0.387 e. The molecule has 0 radical (unpaired) electrons. The second kappa shape index (κ2) is 6.95. The summed E-state index contributed by atoms with van der Waals surface area (Å²) in [7, 11) is 1.94. The highest BCUT2D eigenvalue weighted by Gasteiger charge is 2.18. The number of nitrogens with zero attached hydrogens (tertiary/aromatic N) is 1. The van der Waals surface area contributed by atoms with Crippen molar-refractivity contribution in [3.05, 3.63) is 29.6 Å². The summed E-state index contributed by atoms with van der Waals surface area (Å²) in [6, 6.07) is 4.07. The van der Waals surface area contributed by atoms with Gasteiger partial charge in [0, 0.05) is 19.7 Å². The SMILES string of the molecule is CN(Cc1ccc(OC(F)F)c(F)c1)C[C@@H]1CCOC1. The van der Waals surface area contributed by atoms with E-state index in [0.29, 0.717) is 12.5 Å². The van der Waals surface area contributed by atoms with Gasteiger partial charge in [-0.3, -0.25) is 0 Å². The lowest BCUT2D eigenvalue weighted by molar-refractivity contribution is -0.0522. The molecule has 1 aromatic rings. The number of hydrogen-bond donors (Lipinski definition) is 0. The van der Waals surface area contributed by atoms with Crippen molar-refractivity contribution in [3.63, 3.8) is 0 Å². The molecule has 0 aliphatic carbocycles. The van der Waals surface area contributed by atoms with E-state index >= 15 is 0 Å². The molecule has 2 rings (SSSR count). The smallest absolute Gasteiger partial charge is 0.387 e. The standard InChI is InChI=1S/C14H18F3NO2/c1-18(8-11-4-5-19-9-11)7-10-2-3-13(12(15)6-10)20-14(16)17/h2-3,6,11,14H,4-5,7-9H2,1H3/t11-/m0/s1. The van der Waals surface area contributed by atoms with Gasteiger partial charge >= 0.3 is 6.61 Å². The molecule has 1 aromatic carbocycles. The maximum absolute atomic E-state index is 13.6. The Bertz CT molecular complexity index is 436. The topological polar surface area (TPSA) is 21.7 Å². The second-order valence-corrected chi connectivity index (χ2v) is 5.07. The zero-order valence-electron chi connectivity index (χ0n) is 11.3. The Kier molecular flexibility index (Phi) is 5.25. The largest absolute Gasteiger partial charge is 0.432 e. The number of hydrogen-bond acceptors (Lipinski definition) is 3. The molecule has 0 aromatic heterocycles. The molecule has 0 saturated carbocycles. The molecular weight excluding hydrogens is 271 g/mol. The van der Waals surface area contributed by atoms with Crippen LogP contribution in [0.2, 0.25) is 0 Å². The molecule has 1 saturated heterocycles. The molecule has 0 N–H and O–H groups in total. The molecule has 0 bridgehead atoms. The fourth-order valence-corrected chi connectivity index (χ4v) is 2.38. The molecule has 1 aliphatic heterocycles. The fraction of sp³-hybridized carbons (Fsp3) is 0.571. The first-order valence-corrected chi connectivity index (χ1v) is 6.54. The average Bonchev–Trinajstić information content (AvgIpc) is 2.85. The first-order chi connectivity index (χ1) is 9.54. The van der Waals surface area contributed by atoms with Gasteiger partial charge in [0.25, 0.3) is 0 Å². The lowest BCUT2D eigenvalue weighted by atomic mass is 10.1. The summed E-state index contributed by atoms with van der Waals surface area (Å²) in [5.74, 6) is -0.678. The molecule has 1 aliphatic rings. The summed E-state index contributed by atoms with van der Waals surface area (Å²) >= 11 is 0. The number of ether oxygens (including phenoxy) is 2. The highest BCUT2D eigenvalue weighted by Crippen LogP contribution is 2.21. The van der Waals surface area contributed by atoms with Crippen LogP contribution < -0.4 is 4.74 Å². The molecule has 0 amide bonds. The third-order valence-corrected chi connectivity index (χ3v) is 3.26. The lowest BCUT2D eigenvalue weighted by Crippen LogP contribution is -2.25. The summed E-state index contributed by atoms with van der Waals surface area (Å²) in [4.78, 5) is 2.07. The first-order valence-electron chi connectivity index (χ1n) is 6.54. The van der Waals surface area contributed by atoms with E-state index in [1.54, 1.807) is 6.07 Å². The third-order valence-electron chi connectivity index (χ3n) is 3.26. The van der Waals surface area contributed by atoms with Crippen molar-refractivity contribution >= 4 is 0 Å². The minimum atomic E-state index is -3.01. The van der Waals surface area contributed by atoms with Gasteiger partial charge in [-0.25, -0.2) is 4.39 Å². The summed E-state index contributed by atoms with van der Waals surface area (Å²) < 4.78 is 47.0. The summed E-state index contributed by atoms with van der Waals surface area (Å²) in [5, 5.41) is 0. The van der Waals surface area contributed by atoms with Crippen LogP contribution in [0, 0.1) is 11.7 Å². The summed E-state index contributed by atoms with van der Waals surface area (Å²) in [6.45, 7) is -0.0215. The Balaban J connectivity index is 1.90. The number of alkyl halides is 2. The van der Waals surface area contributed by atoms with Crippen molar-refractivity contribution in [3.8, 4) is 5.75 Å².